The summed E-state index contributed by atoms with van der Waals surface area (Å²) in [6.07, 6.45) is -0.554. The van der Waals surface area contributed by atoms with Crippen LogP contribution >= 0.6 is 15.9 Å². The highest BCUT2D eigenvalue weighted by atomic mass is 79.9. The van der Waals surface area contributed by atoms with Crippen molar-refractivity contribution >= 4 is 15.9 Å². The summed E-state index contributed by atoms with van der Waals surface area (Å²) in [5, 5.41) is 8.92. The van der Waals surface area contributed by atoms with Crippen LogP contribution in [0.3, 0.4) is 0 Å². The highest BCUT2D eigenvalue weighted by molar-refractivity contribution is 9.10. The standard InChI is InChI=1S/C9H10BrFO2/c1-6(12)5-13-9-3-7(10)2-8(11)4-9/h2-4,6,12H,5H2,1H3. The van der Waals surface area contributed by atoms with Crippen LogP contribution in [0.4, 0.5) is 4.39 Å². The topological polar surface area (TPSA) is 29.5 Å². The smallest absolute Gasteiger partial charge is 0.128 e. The van der Waals surface area contributed by atoms with E-state index in [0.717, 1.165) is 0 Å². The largest absolute Gasteiger partial charge is 0.491 e. The molecule has 72 valence electrons. The van der Waals surface area contributed by atoms with Gasteiger partial charge in [-0.05, 0) is 19.1 Å². The fourth-order valence-corrected chi connectivity index (χ4v) is 1.27. The molecule has 0 bridgehead atoms. The maximum absolute atomic E-state index is 12.8. The molecular formula is C9H10BrFO2. The van der Waals surface area contributed by atoms with E-state index in [1.165, 1.54) is 12.1 Å². The third-order valence-corrected chi connectivity index (χ3v) is 1.79. The van der Waals surface area contributed by atoms with Crippen LogP contribution < -0.4 is 4.74 Å². The quantitative estimate of drug-likeness (QED) is 0.890. The zero-order valence-corrected chi connectivity index (χ0v) is 8.71. The molecule has 0 radical (unpaired) electrons. The third kappa shape index (κ3) is 3.74. The minimum absolute atomic E-state index is 0.163. The second-order valence-corrected chi connectivity index (χ2v) is 3.68. The first-order valence-electron chi connectivity index (χ1n) is 3.85. The molecule has 0 aliphatic rings. The summed E-state index contributed by atoms with van der Waals surface area (Å²) in [5.41, 5.74) is 0. The molecule has 1 aromatic carbocycles. The summed E-state index contributed by atoms with van der Waals surface area (Å²) < 4.78 is 18.5. The van der Waals surface area contributed by atoms with Crippen molar-refractivity contribution in [1.82, 2.24) is 0 Å². The van der Waals surface area contributed by atoms with E-state index in [0.29, 0.717) is 10.2 Å². The van der Waals surface area contributed by atoms with Crippen molar-refractivity contribution in [2.45, 2.75) is 13.0 Å². The van der Waals surface area contributed by atoms with E-state index >= 15 is 0 Å². The summed E-state index contributed by atoms with van der Waals surface area (Å²) in [4.78, 5) is 0. The number of rotatable bonds is 3. The number of hydrogen-bond donors (Lipinski definition) is 1. The minimum Gasteiger partial charge on any atom is -0.491 e. The van der Waals surface area contributed by atoms with Gasteiger partial charge < -0.3 is 9.84 Å². The number of hydrogen-bond acceptors (Lipinski definition) is 2. The fraction of sp³-hybridized carbons (Fsp3) is 0.333. The number of aliphatic hydroxyl groups is 1. The predicted octanol–water partition coefficient (Wildman–Crippen LogP) is 2.35. The number of ether oxygens (including phenoxy) is 1. The summed E-state index contributed by atoms with van der Waals surface area (Å²) in [5.74, 6) is 0.0442. The lowest BCUT2D eigenvalue weighted by Crippen LogP contribution is -2.12. The molecule has 1 N–H and O–H groups in total. The summed E-state index contributed by atoms with van der Waals surface area (Å²) in [6.45, 7) is 1.77. The minimum atomic E-state index is -0.554. The Bertz CT molecular complexity index is 269. The molecule has 1 rings (SSSR count). The number of halogens is 2. The van der Waals surface area contributed by atoms with Crippen LogP contribution in [0.2, 0.25) is 0 Å². The molecule has 0 heterocycles. The van der Waals surface area contributed by atoms with Gasteiger partial charge in [-0.25, -0.2) is 4.39 Å². The molecule has 0 aromatic heterocycles. The number of benzene rings is 1. The summed E-state index contributed by atoms with van der Waals surface area (Å²) in [7, 11) is 0. The number of aliphatic hydroxyl groups excluding tert-OH is 1. The average molecular weight is 249 g/mol. The molecule has 0 saturated carbocycles. The van der Waals surface area contributed by atoms with E-state index in [1.54, 1.807) is 13.0 Å². The van der Waals surface area contributed by atoms with Crippen LogP contribution in [0.5, 0.6) is 5.75 Å². The molecule has 4 heteroatoms. The van der Waals surface area contributed by atoms with Crippen molar-refractivity contribution in [3.05, 3.63) is 28.5 Å². The molecule has 0 amide bonds. The van der Waals surface area contributed by atoms with Crippen molar-refractivity contribution in [3.63, 3.8) is 0 Å². The highest BCUT2D eigenvalue weighted by Gasteiger charge is 2.01. The van der Waals surface area contributed by atoms with Gasteiger partial charge >= 0.3 is 0 Å². The third-order valence-electron chi connectivity index (χ3n) is 1.33. The van der Waals surface area contributed by atoms with Crippen LogP contribution in [0, 0.1) is 5.82 Å². The Morgan fingerprint density at radius 1 is 1.54 bits per heavy atom. The summed E-state index contributed by atoms with van der Waals surface area (Å²) in [6, 6.07) is 4.26. The Kier molecular flexibility index (Phi) is 3.69. The van der Waals surface area contributed by atoms with Crippen LogP contribution in [-0.4, -0.2) is 17.8 Å². The monoisotopic (exact) mass is 248 g/mol. The van der Waals surface area contributed by atoms with Crippen LogP contribution in [0.15, 0.2) is 22.7 Å². The lowest BCUT2D eigenvalue weighted by molar-refractivity contribution is 0.122. The Morgan fingerprint density at radius 3 is 2.77 bits per heavy atom. The van der Waals surface area contributed by atoms with Crippen LogP contribution in [0.25, 0.3) is 0 Å². The van der Waals surface area contributed by atoms with Crippen molar-refractivity contribution in [1.29, 1.82) is 0 Å². The van der Waals surface area contributed by atoms with Gasteiger partial charge in [0.2, 0.25) is 0 Å². The molecule has 0 aliphatic carbocycles. The zero-order chi connectivity index (χ0) is 9.84. The van der Waals surface area contributed by atoms with Gasteiger partial charge in [0.25, 0.3) is 0 Å². The Balaban J connectivity index is 2.66. The predicted molar refractivity (Wildman–Crippen MR) is 51.3 cm³/mol. The van der Waals surface area contributed by atoms with Crippen molar-refractivity contribution in [2.24, 2.45) is 0 Å². The molecule has 1 unspecified atom stereocenters. The van der Waals surface area contributed by atoms with E-state index in [-0.39, 0.29) is 12.4 Å². The lowest BCUT2D eigenvalue weighted by Gasteiger charge is -2.08. The maximum atomic E-state index is 12.8. The van der Waals surface area contributed by atoms with E-state index in [1.807, 2.05) is 0 Å². The van der Waals surface area contributed by atoms with Gasteiger partial charge in [0.05, 0.1) is 6.10 Å². The van der Waals surface area contributed by atoms with Crippen LogP contribution in [0.1, 0.15) is 6.92 Å². The summed E-state index contributed by atoms with van der Waals surface area (Å²) >= 11 is 3.14. The van der Waals surface area contributed by atoms with Crippen molar-refractivity contribution in [2.75, 3.05) is 6.61 Å². The van der Waals surface area contributed by atoms with Gasteiger partial charge in [-0.1, -0.05) is 15.9 Å². The highest BCUT2D eigenvalue weighted by Crippen LogP contribution is 2.20. The van der Waals surface area contributed by atoms with E-state index in [2.05, 4.69) is 15.9 Å². The molecule has 13 heavy (non-hydrogen) atoms. The lowest BCUT2D eigenvalue weighted by atomic mass is 10.3. The Morgan fingerprint density at radius 2 is 2.23 bits per heavy atom. The molecule has 0 fully saturated rings. The zero-order valence-electron chi connectivity index (χ0n) is 7.13. The maximum Gasteiger partial charge on any atom is 0.128 e. The van der Waals surface area contributed by atoms with E-state index in [9.17, 15) is 4.39 Å². The molecule has 0 spiro atoms. The van der Waals surface area contributed by atoms with Gasteiger partial charge in [-0.15, -0.1) is 0 Å². The first kappa shape index (κ1) is 10.5. The normalized spacial score (nSPS) is 12.6. The van der Waals surface area contributed by atoms with Gasteiger partial charge in [0, 0.05) is 10.5 Å². The Hall–Kier alpha value is -0.610. The average Bonchev–Trinajstić information content (AvgIpc) is 1.99. The van der Waals surface area contributed by atoms with Gasteiger partial charge in [-0.2, -0.15) is 0 Å². The first-order chi connectivity index (χ1) is 6.08. The molecule has 1 atom stereocenters. The van der Waals surface area contributed by atoms with E-state index in [4.69, 9.17) is 9.84 Å². The molecule has 0 aliphatic heterocycles. The van der Waals surface area contributed by atoms with Crippen molar-refractivity contribution < 1.29 is 14.2 Å². The van der Waals surface area contributed by atoms with Gasteiger partial charge in [0.1, 0.15) is 18.2 Å². The van der Waals surface area contributed by atoms with Gasteiger partial charge in [0.15, 0.2) is 0 Å². The first-order valence-corrected chi connectivity index (χ1v) is 4.64. The SMILES string of the molecule is CC(O)COc1cc(F)cc(Br)c1. The van der Waals surface area contributed by atoms with Crippen LogP contribution in [-0.2, 0) is 0 Å². The Labute approximate surface area is 84.5 Å². The second-order valence-electron chi connectivity index (χ2n) is 2.77. The molecule has 1 aromatic rings. The molecular weight excluding hydrogens is 239 g/mol. The van der Waals surface area contributed by atoms with E-state index < -0.39 is 6.10 Å². The fourth-order valence-electron chi connectivity index (χ4n) is 0.829. The van der Waals surface area contributed by atoms with Gasteiger partial charge in [-0.3, -0.25) is 0 Å². The molecule has 0 saturated heterocycles. The second kappa shape index (κ2) is 4.58. The van der Waals surface area contributed by atoms with Crippen molar-refractivity contribution in [3.8, 4) is 5.75 Å². The molecule has 2 nitrogen and oxygen atoms in total.